The molecule has 0 aliphatic carbocycles. The highest BCUT2D eigenvalue weighted by atomic mass is 16.3. The fourth-order valence-corrected chi connectivity index (χ4v) is 1.79. The van der Waals surface area contributed by atoms with Gasteiger partial charge in [0.05, 0.1) is 29.9 Å². The van der Waals surface area contributed by atoms with Crippen LogP contribution in [0.1, 0.15) is 30.0 Å². The summed E-state index contributed by atoms with van der Waals surface area (Å²) in [5, 5.41) is 9.41. The van der Waals surface area contributed by atoms with E-state index in [4.69, 9.17) is 4.42 Å². The number of aryl methyl sites for hydroxylation is 1. The maximum atomic E-state index is 9.41. The lowest BCUT2D eigenvalue weighted by molar-refractivity contribution is 0.194. The van der Waals surface area contributed by atoms with E-state index in [0.29, 0.717) is 5.69 Å². The first-order chi connectivity index (χ1) is 8.58. The fraction of sp³-hybridized carbons (Fsp3) is 0.357. The summed E-state index contributed by atoms with van der Waals surface area (Å²) in [6, 6.07) is 5.78. The molecule has 0 aliphatic heterocycles. The molecular weight excluding hydrogens is 228 g/mol. The summed E-state index contributed by atoms with van der Waals surface area (Å²) >= 11 is 0. The van der Waals surface area contributed by atoms with E-state index in [1.54, 1.807) is 19.4 Å². The molecule has 0 amide bonds. The summed E-state index contributed by atoms with van der Waals surface area (Å²) in [6.07, 6.45) is 2.95. The summed E-state index contributed by atoms with van der Waals surface area (Å²) in [7, 11) is 2.01. The van der Waals surface area contributed by atoms with Gasteiger partial charge in [-0.15, -0.1) is 0 Å². The summed E-state index contributed by atoms with van der Waals surface area (Å²) in [5.41, 5.74) is 2.86. The molecule has 0 aromatic carbocycles. The van der Waals surface area contributed by atoms with Gasteiger partial charge in [0.2, 0.25) is 0 Å². The van der Waals surface area contributed by atoms with E-state index >= 15 is 0 Å². The first-order valence-electron chi connectivity index (χ1n) is 5.96. The molecule has 0 radical (unpaired) electrons. The summed E-state index contributed by atoms with van der Waals surface area (Å²) in [6.45, 7) is 4.44. The number of furan rings is 1. The summed E-state index contributed by atoms with van der Waals surface area (Å²) in [5.74, 6) is 0.940. The van der Waals surface area contributed by atoms with Crippen LogP contribution in [0.25, 0.3) is 0 Å². The van der Waals surface area contributed by atoms with E-state index in [0.717, 1.165) is 23.6 Å². The Morgan fingerprint density at radius 3 is 2.67 bits per heavy atom. The number of pyridine rings is 1. The molecule has 0 aliphatic rings. The van der Waals surface area contributed by atoms with Gasteiger partial charge in [-0.2, -0.15) is 0 Å². The van der Waals surface area contributed by atoms with Crippen molar-refractivity contribution in [2.45, 2.75) is 26.5 Å². The van der Waals surface area contributed by atoms with Crippen molar-refractivity contribution in [1.82, 2.24) is 4.98 Å². The number of anilines is 1. The number of aromatic nitrogens is 1. The van der Waals surface area contributed by atoms with Gasteiger partial charge in [0.15, 0.2) is 0 Å². The van der Waals surface area contributed by atoms with Crippen LogP contribution < -0.4 is 4.90 Å². The van der Waals surface area contributed by atoms with Crippen molar-refractivity contribution in [3.05, 3.63) is 47.7 Å². The molecule has 2 aromatic heterocycles. The van der Waals surface area contributed by atoms with Crippen LogP contribution in [0.2, 0.25) is 0 Å². The Bertz CT molecular complexity index is 503. The van der Waals surface area contributed by atoms with Gasteiger partial charge in [-0.3, -0.25) is 4.98 Å². The predicted molar refractivity (Wildman–Crippen MR) is 70.4 cm³/mol. The van der Waals surface area contributed by atoms with Gasteiger partial charge in [0.1, 0.15) is 5.76 Å². The van der Waals surface area contributed by atoms with Gasteiger partial charge in [-0.1, -0.05) is 0 Å². The zero-order valence-corrected chi connectivity index (χ0v) is 10.9. The molecule has 1 N–H and O–H groups in total. The average Bonchev–Trinajstić information content (AvgIpc) is 2.75. The molecule has 0 saturated heterocycles. The average molecular weight is 246 g/mol. The normalized spacial score (nSPS) is 12.4. The van der Waals surface area contributed by atoms with Crippen molar-refractivity contribution in [3.63, 3.8) is 0 Å². The third-order valence-corrected chi connectivity index (χ3v) is 3.01. The Kier molecular flexibility index (Phi) is 3.67. The highest BCUT2D eigenvalue weighted by Gasteiger charge is 2.08. The van der Waals surface area contributed by atoms with Crippen molar-refractivity contribution in [1.29, 1.82) is 0 Å². The minimum Gasteiger partial charge on any atom is -0.469 e. The van der Waals surface area contributed by atoms with E-state index in [9.17, 15) is 5.11 Å². The highest BCUT2D eigenvalue weighted by molar-refractivity contribution is 5.44. The molecule has 2 heterocycles. The maximum Gasteiger partial charge on any atom is 0.105 e. The molecule has 2 aromatic rings. The van der Waals surface area contributed by atoms with Gasteiger partial charge in [-0.25, -0.2) is 0 Å². The van der Waals surface area contributed by atoms with E-state index in [1.165, 1.54) is 0 Å². The Labute approximate surface area is 107 Å². The number of aliphatic hydroxyl groups is 1. The third-order valence-electron chi connectivity index (χ3n) is 3.01. The quantitative estimate of drug-likeness (QED) is 0.901. The minimum absolute atomic E-state index is 0.527. The molecule has 0 fully saturated rings. The van der Waals surface area contributed by atoms with Crippen LogP contribution in [-0.4, -0.2) is 17.1 Å². The number of aliphatic hydroxyl groups excluding tert-OH is 1. The second kappa shape index (κ2) is 5.23. The van der Waals surface area contributed by atoms with E-state index in [1.807, 2.05) is 32.2 Å². The maximum absolute atomic E-state index is 9.41. The van der Waals surface area contributed by atoms with Crippen LogP contribution in [0, 0.1) is 6.92 Å². The number of hydrogen-bond acceptors (Lipinski definition) is 4. The molecule has 2 rings (SSSR count). The van der Waals surface area contributed by atoms with Crippen molar-refractivity contribution < 1.29 is 9.52 Å². The first kappa shape index (κ1) is 12.6. The van der Waals surface area contributed by atoms with Crippen LogP contribution in [-0.2, 0) is 6.54 Å². The van der Waals surface area contributed by atoms with Crippen LogP contribution in [0.4, 0.5) is 5.69 Å². The minimum atomic E-state index is -0.527. The van der Waals surface area contributed by atoms with E-state index < -0.39 is 6.10 Å². The molecule has 0 saturated carbocycles. The lowest BCUT2D eigenvalue weighted by atomic mass is 10.2. The molecule has 0 spiro atoms. The number of hydrogen-bond donors (Lipinski definition) is 1. The molecule has 1 unspecified atom stereocenters. The largest absolute Gasteiger partial charge is 0.469 e. The second-order valence-electron chi connectivity index (χ2n) is 4.48. The highest BCUT2D eigenvalue weighted by Crippen LogP contribution is 2.18. The zero-order chi connectivity index (χ0) is 13.1. The second-order valence-corrected chi connectivity index (χ2v) is 4.48. The molecule has 0 bridgehead atoms. The molecule has 96 valence electrons. The van der Waals surface area contributed by atoms with E-state index in [-0.39, 0.29) is 0 Å². The van der Waals surface area contributed by atoms with Crippen molar-refractivity contribution >= 4 is 5.69 Å². The number of nitrogens with zero attached hydrogens (tertiary/aromatic N) is 2. The molecule has 4 heteroatoms. The van der Waals surface area contributed by atoms with Gasteiger partial charge < -0.3 is 14.4 Å². The summed E-state index contributed by atoms with van der Waals surface area (Å²) in [4.78, 5) is 6.33. The van der Waals surface area contributed by atoms with Gasteiger partial charge in [0, 0.05) is 19.2 Å². The first-order valence-corrected chi connectivity index (χ1v) is 5.96. The Morgan fingerprint density at radius 1 is 1.39 bits per heavy atom. The van der Waals surface area contributed by atoms with Crippen molar-refractivity contribution in [2.24, 2.45) is 0 Å². The van der Waals surface area contributed by atoms with Gasteiger partial charge in [-0.05, 0) is 32.0 Å². The van der Waals surface area contributed by atoms with Gasteiger partial charge in [0.25, 0.3) is 0 Å². The van der Waals surface area contributed by atoms with Gasteiger partial charge >= 0.3 is 0 Å². The topological polar surface area (TPSA) is 49.5 Å². The Hall–Kier alpha value is -1.81. The SMILES string of the molecule is Cc1occc1CN(C)c1ccc(C(C)O)nc1. The van der Waals surface area contributed by atoms with Crippen LogP contribution >= 0.6 is 0 Å². The van der Waals surface area contributed by atoms with Crippen LogP contribution in [0.5, 0.6) is 0 Å². The fourth-order valence-electron chi connectivity index (χ4n) is 1.79. The molecule has 4 nitrogen and oxygen atoms in total. The van der Waals surface area contributed by atoms with Crippen LogP contribution in [0.15, 0.2) is 35.1 Å². The third kappa shape index (κ3) is 2.71. The molecule has 1 atom stereocenters. The molecular formula is C14H18N2O2. The van der Waals surface area contributed by atoms with Crippen molar-refractivity contribution in [2.75, 3.05) is 11.9 Å². The Morgan fingerprint density at radius 2 is 2.17 bits per heavy atom. The number of rotatable bonds is 4. The smallest absolute Gasteiger partial charge is 0.105 e. The lowest BCUT2D eigenvalue weighted by Crippen LogP contribution is -2.16. The Balaban J connectivity index is 2.09. The predicted octanol–water partition coefficient (Wildman–Crippen LogP) is 2.67. The summed E-state index contributed by atoms with van der Waals surface area (Å²) < 4.78 is 5.28. The van der Waals surface area contributed by atoms with E-state index in [2.05, 4.69) is 9.88 Å². The monoisotopic (exact) mass is 246 g/mol. The van der Waals surface area contributed by atoms with Crippen molar-refractivity contribution in [3.8, 4) is 0 Å². The zero-order valence-electron chi connectivity index (χ0n) is 10.9. The van der Waals surface area contributed by atoms with Crippen LogP contribution in [0.3, 0.4) is 0 Å². The lowest BCUT2D eigenvalue weighted by Gasteiger charge is -2.19. The standard InChI is InChI=1S/C14H18N2O2/c1-10(17)14-5-4-13(8-15-14)16(3)9-12-6-7-18-11(12)2/h4-8,10,17H,9H2,1-3H3. The molecule has 18 heavy (non-hydrogen) atoms.